The Bertz CT molecular complexity index is 877. The van der Waals surface area contributed by atoms with Crippen molar-refractivity contribution in [3.8, 4) is 0 Å². The van der Waals surface area contributed by atoms with Crippen LogP contribution in [0.4, 0.5) is 0 Å². The van der Waals surface area contributed by atoms with Gasteiger partial charge in [-0.1, -0.05) is 37.3 Å². The topological polar surface area (TPSA) is 59.6 Å². The molecular weight excluding hydrogens is 398 g/mol. The summed E-state index contributed by atoms with van der Waals surface area (Å²) >= 11 is 0. The molecule has 3 heterocycles. The van der Waals surface area contributed by atoms with Gasteiger partial charge in [-0.05, 0) is 49.7 Å². The number of piperidine rings is 1. The van der Waals surface area contributed by atoms with E-state index in [4.69, 9.17) is 0 Å². The van der Waals surface area contributed by atoms with Crippen molar-refractivity contribution in [1.29, 1.82) is 0 Å². The first-order valence-corrected chi connectivity index (χ1v) is 12.4. The minimum atomic E-state index is 0.257. The van der Waals surface area contributed by atoms with Gasteiger partial charge in [0.05, 0.1) is 17.6 Å². The van der Waals surface area contributed by atoms with Gasteiger partial charge in [-0.25, -0.2) is 0 Å². The van der Waals surface area contributed by atoms with E-state index in [1.54, 1.807) is 0 Å². The summed E-state index contributed by atoms with van der Waals surface area (Å²) in [4.78, 5) is 17.2. The Hall–Kier alpha value is -2.47. The number of rotatable bonds is 8. The molecule has 2 unspecified atom stereocenters. The highest BCUT2D eigenvalue weighted by Crippen LogP contribution is 2.28. The summed E-state index contributed by atoms with van der Waals surface area (Å²) in [6, 6.07) is 9.08. The maximum Gasteiger partial charge on any atom is 0.223 e. The number of nitrogens with zero attached hydrogens (tertiary/aromatic N) is 2. The van der Waals surface area contributed by atoms with E-state index in [0.717, 1.165) is 82.6 Å². The molecule has 3 aliphatic heterocycles. The third-order valence-corrected chi connectivity index (χ3v) is 7.58. The molecule has 6 nitrogen and oxygen atoms in total. The molecule has 0 aromatic heterocycles. The van der Waals surface area contributed by atoms with Crippen molar-refractivity contribution in [3.05, 3.63) is 59.6 Å². The van der Waals surface area contributed by atoms with Crippen molar-refractivity contribution >= 4 is 5.91 Å². The molecule has 1 amide bonds. The van der Waals surface area contributed by atoms with Crippen LogP contribution in [-0.4, -0.2) is 54.1 Å². The molecule has 5 rings (SSSR count). The lowest BCUT2D eigenvalue weighted by Gasteiger charge is -2.37. The zero-order chi connectivity index (χ0) is 21.9. The molecule has 0 bridgehead atoms. The Labute approximate surface area is 192 Å². The smallest absolute Gasteiger partial charge is 0.223 e. The highest BCUT2D eigenvalue weighted by atomic mass is 16.2. The molecular formula is C26H37N5O. The van der Waals surface area contributed by atoms with Gasteiger partial charge < -0.3 is 20.9 Å². The van der Waals surface area contributed by atoms with E-state index >= 15 is 0 Å². The second-order valence-corrected chi connectivity index (χ2v) is 9.86. The quantitative estimate of drug-likeness (QED) is 0.548. The highest BCUT2D eigenvalue weighted by Gasteiger charge is 2.34. The highest BCUT2D eigenvalue weighted by molar-refractivity contribution is 5.79. The van der Waals surface area contributed by atoms with Crippen molar-refractivity contribution in [2.24, 2.45) is 5.92 Å². The lowest BCUT2D eigenvalue weighted by molar-refractivity contribution is -0.128. The molecule has 2 fully saturated rings. The zero-order valence-corrected chi connectivity index (χ0v) is 19.1. The van der Waals surface area contributed by atoms with E-state index < -0.39 is 0 Å². The van der Waals surface area contributed by atoms with E-state index in [1.165, 1.54) is 17.5 Å². The van der Waals surface area contributed by atoms with Gasteiger partial charge in [0.15, 0.2) is 0 Å². The van der Waals surface area contributed by atoms with Gasteiger partial charge in [-0.15, -0.1) is 0 Å². The predicted molar refractivity (Wildman–Crippen MR) is 127 cm³/mol. The first kappa shape index (κ1) is 21.4. The third-order valence-electron chi connectivity index (χ3n) is 7.58. The molecule has 32 heavy (non-hydrogen) atoms. The number of carbonyl (C=O) groups excluding carboxylic acids is 1. The average Bonchev–Trinajstić information content (AvgIpc) is 3.19. The molecule has 6 heteroatoms. The summed E-state index contributed by atoms with van der Waals surface area (Å²) < 4.78 is 0. The van der Waals surface area contributed by atoms with Crippen LogP contribution >= 0.6 is 0 Å². The zero-order valence-electron chi connectivity index (χ0n) is 19.1. The molecule has 172 valence electrons. The maximum absolute atomic E-state index is 12.3. The fourth-order valence-electron chi connectivity index (χ4n) is 5.33. The molecule has 1 aromatic carbocycles. The van der Waals surface area contributed by atoms with Crippen molar-refractivity contribution in [2.45, 2.75) is 63.7 Å². The van der Waals surface area contributed by atoms with Crippen LogP contribution in [0.15, 0.2) is 48.4 Å². The minimum Gasteiger partial charge on any atom is -0.384 e. The third kappa shape index (κ3) is 4.80. The summed E-state index contributed by atoms with van der Waals surface area (Å²) in [5.41, 5.74) is 5.05. The van der Waals surface area contributed by atoms with Crippen LogP contribution in [0.1, 0.15) is 49.7 Å². The Balaban J connectivity index is 1.03. The standard InChI is InChI=1S/C26H37N5O/c1-19(27-13-5-14-30-15-12-20-6-2-3-7-22(20)16-30)24-18-31-17-23(10-11-25(31)29-24)28-26(32)21-8-4-9-21/h2-3,6-7,18,21,23,25,27,29H,1,4-5,8-17H2,(H,28,32). The minimum absolute atomic E-state index is 0.257. The van der Waals surface area contributed by atoms with Gasteiger partial charge in [0, 0.05) is 50.9 Å². The average molecular weight is 436 g/mol. The van der Waals surface area contributed by atoms with Gasteiger partial charge in [0.1, 0.15) is 0 Å². The maximum atomic E-state index is 12.3. The lowest BCUT2D eigenvalue weighted by atomic mass is 9.84. The Morgan fingerprint density at radius 1 is 1.16 bits per heavy atom. The summed E-state index contributed by atoms with van der Waals surface area (Å²) in [7, 11) is 0. The molecule has 1 aromatic rings. The van der Waals surface area contributed by atoms with Crippen LogP contribution in [0.2, 0.25) is 0 Å². The van der Waals surface area contributed by atoms with Crippen molar-refractivity contribution in [1.82, 2.24) is 25.8 Å². The van der Waals surface area contributed by atoms with Gasteiger partial charge in [-0.2, -0.15) is 0 Å². The number of benzene rings is 1. The van der Waals surface area contributed by atoms with Crippen LogP contribution in [0, 0.1) is 5.92 Å². The second kappa shape index (κ2) is 9.57. The molecule has 4 aliphatic rings. The number of nitrogens with one attached hydrogen (secondary N) is 3. The molecule has 0 radical (unpaired) electrons. The predicted octanol–water partition coefficient (Wildman–Crippen LogP) is 2.69. The molecule has 3 N–H and O–H groups in total. The van der Waals surface area contributed by atoms with Gasteiger partial charge in [0.2, 0.25) is 5.91 Å². The second-order valence-electron chi connectivity index (χ2n) is 9.86. The largest absolute Gasteiger partial charge is 0.384 e. The first-order valence-electron chi connectivity index (χ1n) is 12.4. The Morgan fingerprint density at radius 2 is 2.00 bits per heavy atom. The van der Waals surface area contributed by atoms with E-state index in [0.29, 0.717) is 6.17 Å². The molecule has 1 saturated heterocycles. The number of carbonyl (C=O) groups is 1. The molecule has 2 atom stereocenters. The Kier molecular flexibility index (Phi) is 6.39. The summed E-state index contributed by atoms with van der Waals surface area (Å²) in [6.07, 6.45) is 10.2. The fourth-order valence-corrected chi connectivity index (χ4v) is 5.33. The number of hydrogen-bond acceptors (Lipinski definition) is 5. The van der Waals surface area contributed by atoms with E-state index in [1.807, 2.05) is 0 Å². The summed E-state index contributed by atoms with van der Waals surface area (Å²) in [5.74, 6) is 0.526. The van der Waals surface area contributed by atoms with E-state index in [2.05, 4.69) is 62.8 Å². The molecule has 0 spiro atoms. The summed E-state index contributed by atoms with van der Waals surface area (Å²) in [6.45, 7) is 9.41. The normalized spacial score (nSPS) is 25.1. The van der Waals surface area contributed by atoms with Crippen LogP contribution in [0.25, 0.3) is 0 Å². The van der Waals surface area contributed by atoms with Crippen LogP contribution in [-0.2, 0) is 17.8 Å². The van der Waals surface area contributed by atoms with Crippen LogP contribution in [0.5, 0.6) is 0 Å². The first-order chi connectivity index (χ1) is 15.7. The number of fused-ring (bicyclic) bond motifs is 2. The lowest BCUT2D eigenvalue weighted by Crippen LogP contribution is -2.52. The molecule has 1 saturated carbocycles. The summed E-state index contributed by atoms with van der Waals surface area (Å²) in [5, 5.41) is 10.4. The monoisotopic (exact) mass is 435 g/mol. The molecule has 1 aliphatic carbocycles. The van der Waals surface area contributed by atoms with Gasteiger partial charge >= 0.3 is 0 Å². The van der Waals surface area contributed by atoms with E-state index in [-0.39, 0.29) is 17.9 Å². The SMILES string of the molecule is C=C(NCCCN1CCc2ccccc2C1)C1=CN2CC(NC(=O)C3CCC3)CCC2N1. The fraction of sp³-hybridized carbons (Fsp3) is 0.577. The van der Waals surface area contributed by atoms with Crippen molar-refractivity contribution in [2.75, 3.05) is 26.2 Å². The number of amides is 1. The Morgan fingerprint density at radius 3 is 2.81 bits per heavy atom. The van der Waals surface area contributed by atoms with Crippen LogP contribution < -0.4 is 16.0 Å². The van der Waals surface area contributed by atoms with Gasteiger partial charge in [-0.3, -0.25) is 9.69 Å². The van der Waals surface area contributed by atoms with Crippen molar-refractivity contribution < 1.29 is 4.79 Å². The number of hydrogen-bond donors (Lipinski definition) is 3. The van der Waals surface area contributed by atoms with Crippen LogP contribution in [0.3, 0.4) is 0 Å². The van der Waals surface area contributed by atoms with Gasteiger partial charge in [0.25, 0.3) is 0 Å². The van der Waals surface area contributed by atoms with E-state index in [9.17, 15) is 4.79 Å². The van der Waals surface area contributed by atoms with Crippen molar-refractivity contribution in [3.63, 3.8) is 0 Å².